The van der Waals surface area contributed by atoms with Gasteiger partial charge in [0.05, 0.1) is 34.4 Å². The van der Waals surface area contributed by atoms with E-state index in [0.29, 0.717) is 18.6 Å². The Bertz CT molecular complexity index is 1350. The molecule has 1 aliphatic carbocycles. The Morgan fingerprint density at radius 1 is 1.29 bits per heavy atom. The molecule has 3 amide bonds. The van der Waals surface area contributed by atoms with Crippen LogP contribution < -0.4 is 15.4 Å². The van der Waals surface area contributed by atoms with Crippen molar-refractivity contribution >= 4 is 29.1 Å². The standard InChI is InChI=1S/C30H39N5O5S/c1-17(2)40-23-11-19(24-18(3)33-16-41-24)7-8-20(23)13-32-26(37)22-12-21(36)14-35(22)27(38)25(29(4,5)6)34-28(39)30(15-31)9-10-30/h7-8,11,16-17,21-22,25,36H,9-10,12-14H2,1-6H3,(H,32,37)(H,34,39). The molecule has 2 aliphatic rings. The molecule has 11 heteroatoms. The molecule has 1 aromatic heterocycles. The SMILES string of the molecule is Cc1ncsc1-c1ccc(CNC(=O)C2CC(O)CN2C(=O)C(NC(=O)C2(C#N)CC2)C(C)(C)C)c(OC(C)C)c1. The van der Waals surface area contributed by atoms with Gasteiger partial charge in [-0.2, -0.15) is 5.26 Å². The Morgan fingerprint density at radius 3 is 2.56 bits per heavy atom. The van der Waals surface area contributed by atoms with Crippen molar-refractivity contribution in [2.75, 3.05) is 6.54 Å². The zero-order chi connectivity index (χ0) is 30.1. The van der Waals surface area contributed by atoms with E-state index in [0.717, 1.165) is 21.7 Å². The zero-order valence-corrected chi connectivity index (χ0v) is 25.3. The molecule has 2 heterocycles. The van der Waals surface area contributed by atoms with E-state index in [-0.39, 0.29) is 25.6 Å². The van der Waals surface area contributed by atoms with E-state index in [1.165, 1.54) is 4.90 Å². The summed E-state index contributed by atoms with van der Waals surface area (Å²) in [5, 5.41) is 25.6. The molecule has 0 bridgehead atoms. The number of benzene rings is 1. The van der Waals surface area contributed by atoms with Crippen LogP contribution in [0.2, 0.25) is 0 Å². The van der Waals surface area contributed by atoms with Crippen molar-refractivity contribution in [3.63, 3.8) is 0 Å². The van der Waals surface area contributed by atoms with Crippen LogP contribution in [0.4, 0.5) is 0 Å². The molecule has 220 valence electrons. The Labute approximate surface area is 245 Å². The fraction of sp³-hybridized carbons (Fsp3) is 0.567. The second kappa shape index (κ2) is 11.8. The highest BCUT2D eigenvalue weighted by Gasteiger charge is 2.53. The summed E-state index contributed by atoms with van der Waals surface area (Å²) < 4.78 is 6.07. The van der Waals surface area contributed by atoms with Gasteiger partial charge in [-0.05, 0) is 50.7 Å². The van der Waals surface area contributed by atoms with Gasteiger partial charge >= 0.3 is 0 Å². The highest BCUT2D eigenvalue weighted by molar-refractivity contribution is 7.13. The normalized spacial score (nSPS) is 20.3. The minimum Gasteiger partial charge on any atom is -0.491 e. The van der Waals surface area contributed by atoms with Gasteiger partial charge in [-0.1, -0.05) is 32.9 Å². The number of rotatable bonds is 9. The fourth-order valence-corrected chi connectivity index (χ4v) is 5.79. The van der Waals surface area contributed by atoms with Gasteiger partial charge in [0.1, 0.15) is 23.2 Å². The van der Waals surface area contributed by atoms with Crippen LogP contribution >= 0.6 is 11.3 Å². The Hall–Kier alpha value is -3.49. The summed E-state index contributed by atoms with van der Waals surface area (Å²) in [6, 6.07) is 6.02. The number of aliphatic hydroxyl groups is 1. The molecule has 3 N–H and O–H groups in total. The highest BCUT2D eigenvalue weighted by atomic mass is 32.1. The zero-order valence-electron chi connectivity index (χ0n) is 24.5. The van der Waals surface area contributed by atoms with Crippen molar-refractivity contribution in [1.29, 1.82) is 5.26 Å². The molecule has 1 saturated heterocycles. The van der Waals surface area contributed by atoms with Crippen LogP contribution in [0.3, 0.4) is 0 Å². The largest absolute Gasteiger partial charge is 0.491 e. The first-order valence-corrected chi connectivity index (χ1v) is 14.8. The first-order chi connectivity index (χ1) is 19.3. The maximum Gasteiger partial charge on any atom is 0.246 e. The lowest BCUT2D eigenvalue weighted by Crippen LogP contribution is -2.58. The number of ether oxygens (including phenoxy) is 1. The second-order valence-electron chi connectivity index (χ2n) is 12.3. The maximum atomic E-state index is 13.8. The topological polar surface area (TPSA) is 145 Å². The maximum absolute atomic E-state index is 13.8. The van der Waals surface area contributed by atoms with Gasteiger partial charge in [-0.25, -0.2) is 4.98 Å². The molecule has 41 heavy (non-hydrogen) atoms. The van der Waals surface area contributed by atoms with Gasteiger partial charge in [0.25, 0.3) is 0 Å². The third-order valence-electron chi connectivity index (χ3n) is 7.54. The minimum absolute atomic E-state index is 0.0205. The second-order valence-corrected chi connectivity index (χ2v) is 13.2. The number of amides is 3. The Morgan fingerprint density at radius 2 is 2.00 bits per heavy atom. The number of aryl methyl sites for hydroxylation is 1. The Kier molecular flexibility index (Phi) is 8.76. The van der Waals surface area contributed by atoms with Gasteiger partial charge in [-0.3, -0.25) is 14.4 Å². The van der Waals surface area contributed by atoms with Gasteiger partial charge in [0, 0.05) is 25.1 Å². The Balaban J connectivity index is 1.50. The van der Waals surface area contributed by atoms with Crippen molar-refractivity contribution in [1.82, 2.24) is 20.5 Å². The van der Waals surface area contributed by atoms with Crippen molar-refractivity contribution in [3.8, 4) is 22.3 Å². The number of nitrogens with zero attached hydrogens (tertiary/aromatic N) is 3. The van der Waals surface area contributed by atoms with Crippen LogP contribution in [0.5, 0.6) is 5.75 Å². The fourth-order valence-electron chi connectivity index (χ4n) is 4.99. The number of nitrogens with one attached hydrogen (secondary N) is 2. The number of β-amino-alcohol motifs (C(OH)–C–C–N with tert-alkyl or cyclic N) is 1. The lowest BCUT2D eigenvalue weighted by atomic mass is 9.85. The molecule has 3 atom stereocenters. The van der Waals surface area contributed by atoms with E-state index in [4.69, 9.17) is 4.74 Å². The summed E-state index contributed by atoms with van der Waals surface area (Å²) in [5.74, 6) is -0.678. The average molecular weight is 582 g/mol. The number of thiazole rings is 1. The number of hydrogen-bond acceptors (Lipinski definition) is 8. The van der Waals surface area contributed by atoms with E-state index in [9.17, 15) is 24.8 Å². The van der Waals surface area contributed by atoms with Gasteiger partial charge in [-0.15, -0.1) is 11.3 Å². The van der Waals surface area contributed by atoms with E-state index < -0.39 is 46.7 Å². The highest BCUT2D eigenvalue weighted by Crippen LogP contribution is 2.45. The number of carbonyl (C=O) groups is 3. The summed E-state index contributed by atoms with van der Waals surface area (Å²) in [6.07, 6.45) is 0.0496. The van der Waals surface area contributed by atoms with Gasteiger partial charge < -0.3 is 25.4 Å². The first-order valence-electron chi connectivity index (χ1n) is 13.9. The van der Waals surface area contributed by atoms with Crippen LogP contribution in [0.1, 0.15) is 65.1 Å². The average Bonchev–Trinajstić information content (AvgIpc) is 3.44. The number of aromatic nitrogens is 1. The molecule has 3 unspecified atom stereocenters. The van der Waals surface area contributed by atoms with Crippen LogP contribution in [0, 0.1) is 29.1 Å². The van der Waals surface area contributed by atoms with Crippen LogP contribution in [-0.4, -0.2) is 63.5 Å². The van der Waals surface area contributed by atoms with Crippen molar-refractivity contribution < 1.29 is 24.2 Å². The molecular formula is C30H39N5O5S. The van der Waals surface area contributed by atoms with Gasteiger partial charge in [0.15, 0.2) is 0 Å². The number of carbonyl (C=O) groups excluding carboxylic acids is 3. The van der Waals surface area contributed by atoms with E-state index in [2.05, 4.69) is 21.7 Å². The number of hydrogen-bond donors (Lipinski definition) is 3. The third kappa shape index (κ3) is 6.71. The van der Waals surface area contributed by atoms with Crippen molar-refractivity contribution in [2.24, 2.45) is 10.8 Å². The van der Waals surface area contributed by atoms with Crippen molar-refractivity contribution in [2.45, 2.75) is 91.6 Å². The first kappa shape index (κ1) is 30.5. The molecule has 0 spiro atoms. The molecule has 2 fully saturated rings. The molecule has 1 aromatic carbocycles. The van der Waals surface area contributed by atoms with Crippen molar-refractivity contribution in [3.05, 3.63) is 35.0 Å². The third-order valence-corrected chi connectivity index (χ3v) is 8.52. The summed E-state index contributed by atoms with van der Waals surface area (Å²) in [4.78, 5) is 46.8. The van der Waals surface area contributed by atoms with Gasteiger partial charge in [0.2, 0.25) is 17.7 Å². The molecule has 1 aliphatic heterocycles. The molecular weight excluding hydrogens is 542 g/mol. The predicted octanol–water partition coefficient (Wildman–Crippen LogP) is 3.32. The van der Waals surface area contributed by atoms with Crippen LogP contribution in [0.25, 0.3) is 10.4 Å². The molecule has 2 aromatic rings. The van der Waals surface area contributed by atoms with Crippen LogP contribution in [0.15, 0.2) is 23.7 Å². The van der Waals surface area contributed by atoms with E-state index in [1.54, 1.807) is 16.8 Å². The predicted molar refractivity (Wildman–Crippen MR) is 155 cm³/mol. The van der Waals surface area contributed by atoms with E-state index in [1.807, 2.05) is 59.7 Å². The number of aliphatic hydroxyl groups excluding tert-OH is 1. The van der Waals surface area contributed by atoms with E-state index >= 15 is 0 Å². The number of likely N-dealkylation sites (tertiary alicyclic amines) is 1. The monoisotopic (exact) mass is 581 g/mol. The van der Waals surface area contributed by atoms with Crippen LogP contribution in [-0.2, 0) is 20.9 Å². The lowest BCUT2D eigenvalue weighted by molar-refractivity contribution is -0.144. The summed E-state index contributed by atoms with van der Waals surface area (Å²) in [5.41, 5.74) is 2.71. The molecule has 1 saturated carbocycles. The smallest absolute Gasteiger partial charge is 0.246 e. The molecule has 4 rings (SSSR count). The molecule has 10 nitrogen and oxygen atoms in total. The lowest BCUT2D eigenvalue weighted by Gasteiger charge is -2.35. The number of nitriles is 1. The summed E-state index contributed by atoms with van der Waals surface area (Å²) in [7, 11) is 0. The quantitative estimate of drug-likeness (QED) is 0.412. The summed E-state index contributed by atoms with van der Waals surface area (Å²) >= 11 is 1.55. The molecule has 0 radical (unpaired) electrons. The summed E-state index contributed by atoms with van der Waals surface area (Å²) in [6.45, 7) is 11.4. The minimum atomic E-state index is -1.09.